The van der Waals surface area contributed by atoms with Crippen molar-refractivity contribution in [2.45, 2.75) is 13.3 Å². The van der Waals surface area contributed by atoms with Crippen LogP contribution in [0.3, 0.4) is 0 Å². The fraction of sp³-hybridized carbons (Fsp3) is 0.182. The van der Waals surface area contributed by atoms with Crippen LogP contribution in [0.25, 0.3) is 0 Å². The number of hydrogen-bond donors (Lipinski definition) is 1. The molecule has 0 saturated carbocycles. The van der Waals surface area contributed by atoms with Gasteiger partial charge in [0.05, 0.1) is 10.6 Å². The van der Waals surface area contributed by atoms with E-state index in [1.807, 2.05) is 6.92 Å². The molecular formula is C11H10N4O3S. The number of non-ortho nitro benzene ring substituents is 1. The number of nitro benzene ring substituents is 1. The van der Waals surface area contributed by atoms with Crippen LogP contribution in [0.5, 0.6) is 0 Å². The minimum absolute atomic E-state index is 0.0732. The molecule has 0 aliphatic rings. The van der Waals surface area contributed by atoms with Crippen molar-refractivity contribution in [2.24, 2.45) is 0 Å². The number of aromatic nitrogens is 2. The maximum absolute atomic E-state index is 12.0. The van der Waals surface area contributed by atoms with Crippen molar-refractivity contribution in [3.63, 3.8) is 0 Å². The van der Waals surface area contributed by atoms with Crippen molar-refractivity contribution in [2.75, 3.05) is 5.32 Å². The number of nitrogens with one attached hydrogen (secondary N) is 1. The Labute approximate surface area is 112 Å². The quantitative estimate of drug-likeness (QED) is 0.683. The fourth-order valence-electron chi connectivity index (χ4n) is 1.50. The Kier molecular flexibility index (Phi) is 3.81. The molecule has 1 N–H and O–H groups in total. The zero-order chi connectivity index (χ0) is 13.8. The van der Waals surface area contributed by atoms with Crippen LogP contribution < -0.4 is 5.32 Å². The topological polar surface area (TPSA) is 98.0 Å². The molecule has 0 bridgehead atoms. The van der Waals surface area contributed by atoms with E-state index in [4.69, 9.17) is 0 Å². The second kappa shape index (κ2) is 5.53. The molecule has 0 aliphatic carbocycles. The third-order valence-corrected chi connectivity index (χ3v) is 3.18. The molecule has 1 amide bonds. The van der Waals surface area contributed by atoms with Gasteiger partial charge in [-0.05, 0) is 24.0 Å². The SMILES string of the molecule is CCc1nnsc1C(=O)Nc1cccc([N+](=O)[O-])c1. The van der Waals surface area contributed by atoms with Gasteiger partial charge in [-0.25, -0.2) is 0 Å². The summed E-state index contributed by atoms with van der Waals surface area (Å²) in [5.74, 6) is -0.354. The highest BCUT2D eigenvalue weighted by molar-refractivity contribution is 7.08. The highest BCUT2D eigenvalue weighted by Crippen LogP contribution is 2.19. The summed E-state index contributed by atoms with van der Waals surface area (Å²) in [5, 5.41) is 17.1. The molecule has 0 radical (unpaired) electrons. The second-order valence-corrected chi connectivity index (χ2v) is 4.42. The first-order valence-electron chi connectivity index (χ1n) is 5.49. The highest BCUT2D eigenvalue weighted by Gasteiger charge is 2.16. The summed E-state index contributed by atoms with van der Waals surface area (Å²) < 4.78 is 3.72. The number of amides is 1. The highest BCUT2D eigenvalue weighted by atomic mass is 32.1. The summed E-state index contributed by atoms with van der Waals surface area (Å²) in [4.78, 5) is 22.5. The molecule has 2 aromatic rings. The maximum Gasteiger partial charge on any atom is 0.271 e. The van der Waals surface area contributed by atoms with Crippen molar-refractivity contribution in [1.29, 1.82) is 0 Å². The molecule has 0 atom stereocenters. The Hall–Kier alpha value is -2.35. The average Bonchev–Trinajstić information content (AvgIpc) is 2.87. The molecule has 2 rings (SSSR count). The van der Waals surface area contributed by atoms with Crippen LogP contribution in [0.4, 0.5) is 11.4 Å². The van der Waals surface area contributed by atoms with Gasteiger partial charge in [0.1, 0.15) is 4.88 Å². The number of carbonyl (C=O) groups is 1. The van der Waals surface area contributed by atoms with Gasteiger partial charge in [-0.2, -0.15) is 0 Å². The largest absolute Gasteiger partial charge is 0.321 e. The van der Waals surface area contributed by atoms with E-state index in [2.05, 4.69) is 14.9 Å². The van der Waals surface area contributed by atoms with Crippen molar-refractivity contribution in [3.8, 4) is 0 Å². The number of rotatable bonds is 4. The number of hydrogen-bond acceptors (Lipinski definition) is 6. The van der Waals surface area contributed by atoms with Crippen molar-refractivity contribution < 1.29 is 9.72 Å². The Morgan fingerprint density at radius 2 is 2.32 bits per heavy atom. The Morgan fingerprint density at radius 1 is 1.53 bits per heavy atom. The van der Waals surface area contributed by atoms with E-state index >= 15 is 0 Å². The van der Waals surface area contributed by atoms with Gasteiger partial charge in [0, 0.05) is 17.8 Å². The van der Waals surface area contributed by atoms with E-state index < -0.39 is 4.92 Å². The van der Waals surface area contributed by atoms with Crippen molar-refractivity contribution in [3.05, 3.63) is 45.0 Å². The summed E-state index contributed by atoms with van der Waals surface area (Å²) in [6.45, 7) is 1.88. The molecule has 98 valence electrons. The predicted molar refractivity (Wildman–Crippen MR) is 70.3 cm³/mol. The standard InChI is InChI=1S/C11H10N4O3S/c1-2-9-10(19-14-13-9)11(16)12-7-4-3-5-8(6-7)15(17)18/h3-6H,2H2,1H3,(H,12,16). The first-order valence-corrected chi connectivity index (χ1v) is 6.26. The average molecular weight is 278 g/mol. The van der Waals surface area contributed by atoms with Gasteiger partial charge in [0.15, 0.2) is 0 Å². The first kappa shape index (κ1) is 13.1. The molecule has 1 aromatic carbocycles. The van der Waals surface area contributed by atoms with Crippen molar-refractivity contribution in [1.82, 2.24) is 9.59 Å². The number of nitro groups is 1. The molecule has 19 heavy (non-hydrogen) atoms. The fourth-order valence-corrected chi connectivity index (χ4v) is 2.14. The van der Waals surface area contributed by atoms with Gasteiger partial charge in [-0.1, -0.05) is 17.5 Å². The Balaban J connectivity index is 2.19. The minimum Gasteiger partial charge on any atom is -0.321 e. The molecule has 0 fully saturated rings. The van der Waals surface area contributed by atoms with Crippen LogP contribution in [-0.4, -0.2) is 20.4 Å². The third kappa shape index (κ3) is 2.91. The lowest BCUT2D eigenvalue weighted by atomic mass is 10.2. The van der Waals surface area contributed by atoms with E-state index in [1.165, 1.54) is 18.2 Å². The van der Waals surface area contributed by atoms with E-state index in [9.17, 15) is 14.9 Å². The molecule has 0 saturated heterocycles. The van der Waals surface area contributed by atoms with E-state index in [1.54, 1.807) is 6.07 Å². The van der Waals surface area contributed by atoms with Crippen molar-refractivity contribution >= 4 is 28.8 Å². The van der Waals surface area contributed by atoms with Gasteiger partial charge >= 0.3 is 0 Å². The number of anilines is 1. The van der Waals surface area contributed by atoms with E-state index in [0.29, 0.717) is 22.7 Å². The zero-order valence-corrected chi connectivity index (χ0v) is 10.8. The Bertz CT molecular complexity index is 626. The van der Waals surface area contributed by atoms with Crippen LogP contribution in [0.15, 0.2) is 24.3 Å². The molecule has 0 aliphatic heterocycles. The molecule has 1 heterocycles. The molecule has 7 nitrogen and oxygen atoms in total. The van der Waals surface area contributed by atoms with Crippen LogP contribution in [-0.2, 0) is 6.42 Å². The van der Waals surface area contributed by atoms with Crippen LogP contribution >= 0.6 is 11.5 Å². The summed E-state index contributed by atoms with van der Waals surface area (Å²) >= 11 is 1.00. The van der Waals surface area contributed by atoms with E-state index in [0.717, 1.165) is 11.5 Å². The number of carbonyl (C=O) groups excluding carboxylic acids is 1. The summed E-state index contributed by atoms with van der Waals surface area (Å²) in [6, 6.07) is 5.77. The van der Waals surface area contributed by atoms with Gasteiger partial charge in [0.2, 0.25) is 0 Å². The Morgan fingerprint density at radius 3 is 3.00 bits per heavy atom. The lowest BCUT2D eigenvalue weighted by molar-refractivity contribution is -0.384. The summed E-state index contributed by atoms with van der Waals surface area (Å²) in [7, 11) is 0. The van der Waals surface area contributed by atoms with Crippen LogP contribution in [0, 0.1) is 10.1 Å². The first-order chi connectivity index (χ1) is 9.11. The van der Waals surface area contributed by atoms with Crippen LogP contribution in [0.1, 0.15) is 22.3 Å². The summed E-state index contributed by atoms with van der Waals surface area (Å²) in [5.41, 5.74) is 0.915. The molecule has 8 heteroatoms. The molecule has 1 aromatic heterocycles. The van der Waals surface area contributed by atoms with Crippen LogP contribution in [0.2, 0.25) is 0 Å². The molecular weight excluding hydrogens is 268 g/mol. The van der Waals surface area contributed by atoms with E-state index in [-0.39, 0.29) is 11.6 Å². The number of nitrogens with zero attached hydrogens (tertiary/aromatic N) is 3. The monoisotopic (exact) mass is 278 g/mol. The van der Waals surface area contributed by atoms with Gasteiger partial charge in [0.25, 0.3) is 11.6 Å². The zero-order valence-electron chi connectivity index (χ0n) is 9.99. The predicted octanol–water partition coefficient (Wildman–Crippen LogP) is 2.26. The number of benzene rings is 1. The van der Waals surface area contributed by atoms with Gasteiger partial charge in [-0.15, -0.1) is 5.10 Å². The third-order valence-electron chi connectivity index (χ3n) is 2.41. The van der Waals surface area contributed by atoms with Gasteiger partial charge < -0.3 is 5.32 Å². The number of aryl methyl sites for hydroxylation is 1. The lowest BCUT2D eigenvalue weighted by Gasteiger charge is -2.03. The normalized spacial score (nSPS) is 10.2. The van der Waals surface area contributed by atoms with Gasteiger partial charge in [-0.3, -0.25) is 14.9 Å². The maximum atomic E-state index is 12.0. The minimum atomic E-state index is -0.513. The smallest absolute Gasteiger partial charge is 0.271 e. The molecule has 0 unspecified atom stereocenters. The molecule has 0 spiro atoms. The lowest BCUT2D eigenvalue weighted by Crippen LogP contribution is -2.12. The second-order valence-electron chi connectivity index (χ2n) is 3.66. The summed E-state index contributed by atoms with van der Waals surface area (Å²) in [6.07, 6.45) is 0.605.